The van der Waals surface area contributed by atoms with Gasteiger partial charge in [0, 0.05) is 21.3 Å². The number of rotatable bonds is 2. The molecule has 0 amide bonds. The molecule has 0 aliphatic rings. The number of halogens is 3. The van der Waals surface area contributed by atoms with Gasteiger partial charge in [0.15, 0.2) is 0 Å². The van der Waals surface area contributed by atoms with E-state index in [0.717, 1.165) is 6.07 Å². The third-order valence-corrected chi connectivity index (χ3v) is 3.14. The second kappa shape index (κ2) is 5.07. The molecule has 19 heavy (non-hydrogen) atoms. The molecule has 2 rings (SSSR count). The van der Waals surface area contributed by atoms with Gasteiger partial charge in [-0.2, -0.15) is 0 Å². The average molecular weight is 300 g/mol. The van der Waals surface area contributed by atoms with Crippen LogP contribution in [0.15, 0.2) is 30.3 Å². The van der Waals surface area contributed by atoms with Gasteiger partial charge in [-0.3, -0.25) is 0 Å². The second-order valence-electron chi connectivity index (χ2n) is 3.85. The summed E-state index contributed by atoms with van der Waals surface area (Å²) in [6.07, 6.45) is 0. The van der Waals surface area contributed by atoms with Crippen molar-refractivity contribution in [1.29, 1.82) is 0 Å². The zero-order valence-electron chi connectivity index (χ0n) is 9.45. The Morgan fingerprint density at radius 1 is 1.21 bits per heavy atom. The summed E-state index contributed by atoms with van der Waals surface area (Å²) in [6, 6.07) is 7.14. The Labute approximate surface area is 118 Å². The monoisotopic (exact) mass is 299 g/mol. The van der Waals surface area contributed by atoms with Crippen molar-refractivity contribution in [2.45, 2.75) is 0 Å². The highest BCUT2D eigenvalue weighted by molar-refractivity contribution is 6.35. The van der Waals surface area contributed by atoms with Crippen molar-refractivity contribution in [1.82, 2.24) is 0 Å². The number of nitrogen functional groups attached to an aromatic ring is 1. The number of benzene rings is 2. The van der Waals surface area contributed by atoms with Crippen molar-refractivity contribution in [3.05, 3.63) is 51.8 Å². The first-order chi connectivity index (χ1) is 8.90. The molecule has 0 bridgehead atoms. The molecular weight excluding hydrogens is 292 g/mol. The van der Waals surface area contributed by atoms with Crippen LogP contribution in [-0.4, -0.2) is 11.1 Å². The van der Waals surface area contributed by atoms with Crippen LogP contribution in [0.4, 0.5) is 10.1 Å². The van der Waals surface area contributed by atoms with Crippen LogP contribution in [-0.2, 0) is 0 Å². The lowest BCUT2D eigenvalue weighted by Crippen LogP contribution is -2.06. The van der Waals surface area contributed by atoms with Gasteiger partial charge in [-0.25, -0.2) is 9.18 Å². The van der Waals surface area contributed by atoms with E-state index in [1.54, 1.807) is 18.2 Å². The number of carbonyl (C=O) groups is 1. The Bertz CT molecular complexity index is 651. The maximum absolute atomic E-state index is 13.7. The largest absolute Gasteiger partial charge is 0.478 e. The fraction of sp³-hybridized carbons (Fsp3) is 0. The van der Waals surface area contributed by atoms with Gasteiger partial charge in [-0.15, -0.1) is 0 Å². The summed E-state index contributed by atoms with van der Waals surface area (Å²) in [5.74, 6) is -2.34. The third kappa shape index (κ3) is 2.64. The van der Waals surface area contributed by atoms with Gasteiger partial charge in [-0.05, 0) is 35.9 Å². The smallest absolute Gasteiger partial charge is 0.340 e. The SMILES string of the molecule is Nc1cc(-c2cc(Cl)ccc2Cl)cc(F)c1C(=O)O. The molecule has 0 heterocycles. The van der Waals surface area contributed by atoms with Crippen LogP contribution in [0.5, 0.6) is 0 Å². The molecule has 6 heteroatoms. The van der Waals surface area contributed by atoms with Crippen LogP contribution in [0.1, 0.15) is 10.4 Å². The first kappa shape index (κ1) is 13.6. The summed E-state index contributed by atoms with van der Waals surface area (Å²) in [5.41, 5.74) is 5.68. The van der Waals surface area contributed by atoms with Crippen molar-refractivity contribution >= 4 is 34.9 Å². The maximum Gasteiger partial charge on any atom is 0.340 e. The fourth-order valence-electron chi connectivity index (χ4n) is 1.73. The molecule has 2 aromatic carbocycles. The van der Waals surface area contributed by atoms with E-state index in [0.29, 0.717) is 21.2 Å². The van der Waals surface area contributed by atoms with E-state index in [-0.39, 0.29) is 5.69 Å². The quantitative estimate of drug-likeness (QED) is 0.821. The Morgan fingerprint density at radius 2 is 1.89 bits per heavy atom. The number of carboxylic acids is 1. The van der Waals surface area contributed by atoms with E-state index >= 15 is 0 Å². The lowest BCUT2D eigenvalue weighted by molar-refractivity contribution is 0.0693. The highest BCUT2D eigenvalue weighted by Crippen LogP contribution is 2.33. The Balaban J connectivity index is 2.65. The van der Waals surface area contributed by atoms with E-state index in [9.17, 15) is 9.18 Å². The van der Waals surface area contributed by atoms with Gasteiger partial charge in [0.05, 0.1) is 0 Å². The van der Waals surface area contributed by atoms with Crippen LogP contribution in [0, 0.1) is 5.82 Å². The van der Waals surface area contributed by atoms with Crippen molar-refractivity contribution in [2.24, 2.45) is 0 Å². The Hall–Kier alpha value is -1.78. The van der Waals surface area contributed by atoms with Crippen LogP contribution in [0.25, 0.3) is 11.1 Å². The van der Waals surface area contributed by atoms with Gasteiger partial charge in [0.1, 0.15) is 11.4 Å². The zero-order valence-corrected chi connectivity index (χ0v) is 11.0. The topological polar surface area (TPSA) is 63.3 Å². The van der Waals surface area contributed by atoms with Crippen molar-refractivity contribution in [2.75, 3.05) is 5.73 Å². The molecular formula is C13H8Cl2FNO2. The standard InChI is InChI=1S/C13H8Cl2FNO2/c14-7-1-2-9(15)8(5-7)6-3-10(16)12(13(18)19)11(17)4-6/h1-5H,17H2,(H,18,19). The minimum atomic E-state index is -1.42. The average Bonchev–Trinajstić information content (AvgIpc) is 2.30. The van der Waals surface area contributed by atoms with Crippen molar-refractivity contribution in [3.63, 3.8) is 0 Å². The van der Waals surface area contributed by atoms with E-state index in [4.69, 9.17) is 34.0 Å². The third-order valence-electron chi connectivity index (χ3n) is 2.57. The maximum atomic E-state index is 13.7. The molecule has 0 atom stereocenters. The van der Waals surface area contributed by atoms with Crippen LogP contribution >= 0.6 is 23.2 Å². The van der Waals surface area contributed by atoms with Gasteiger partial charge in [0.25, 0.3) is 0 Å². The zero-order chi connectivity index (χ0) is 14.2. The fourth-order valence-corrected chi connectivity index (χ4v) is 2.13. The van der Waals surface area contributed by atoms with E-state index in [2.05, 4.69) is 0 Å². The molecule has 0 unspecified atom stereocenters. The number of hydrogen-bond acceptors (Lipinski definition) is 2. The molecule has 0 saturated carbocycles. The van der Waals surface area contributed by atoms with E-state index in [1.807, 2.05) is 0 Å². The lowest BCUT2D eigenvalue weighted by Gasteiger charge is -2.09. The molecule has 2 aromatic rings. The summed E-state index contributed by atoms with van der Waals surface area (Å²) in [7, 11) is 0. The summed E-state index contributed by atoms with van der Waals surface area (Å²) >= 11 is 11.8. The first-order valence-corrected chi connectivity index (χ1v) is 5.93. The molecule has 0 spiro atoms. The van der Waals surface area contributed by atoms with Gasteiger partial charge in [-0.1, -0.05) is 23.2 Å². The molecule has 0 fully saturated rings. The minimum absolute atomic E-state index is 0.168. The molecule has 3 N–H and O–H groups in total. The second-order valence-corrected chi connectivity index (χ2v) is 4.70. The van der Waals surface area contributed by atoms with E-state index < -0.39 is 17.3 Å². The van der Waals surface area contributed by atoms with E-state index in [1.165, 1.54) is 6.07 Å². The minimum Gasteiger partial charge on any atom is -0.478 e. The summed E-state index contributed by atoms with van der Waals surface area (Å²) in [4.78, 5) is 10.8. The van der Waals surface area contributed by atoms with Gasteiger partial charge < -0.3 is 10.8 Å². The molecule has 0 radical (unpaired) electrons. The summed E-state index contributed by atoms with van der Waals surface area (Å²) < 4.78 is 13.7. The normalized spacial score (nSPS) is 10.5. The Kier molecular flexibility index (Phi) is 3.64. The van der Waals surface area contributed by atoms with Crippen molar-refractivity contribution < 1.29 is 14.3 Å². The summed E-state index contributed by atoms with van der Waals surface area (Å²) in [5, 5.41) is 9.64. The summed E-state index contributed by atoms with van der Waals surface area (Å²) in [6.45, 7) is 0. The number of nitrogens with two attached hydrogens (primary N) is 1. The van der Waals surface area contributed by atoms with Gasteiger partial charge >= 0.3 is 5.97 Å². The van der Waals surface area contributed by atoms with Gasteiger partial charge in [0.2, 0.25) is 0 Å². The number of aromatic carboxylic acids is 1. The highest BCUT2D eigenvalue weighted by atomic mass is 35.5. The number of hydrogen-bond donors (Lipinski definition) is 2. The van der Waals surface area contributed by atoms with Crippen molar-refractivity contribution in [3.8, 4) is 11.1 Å². The lowest BCUT2D eigenvalue weighted by atomic mass is 10.0. The number of anilines is 1. The predicted octanol–water partition coefficient (Wildman–Crippen LogP) is 4.08. The van der Waals surface area contributed by atoms with Crippen LogP contribution < -0.4 is 5.73 Å². The molecule has 3 nitrogen and oxygen atoms in total. The molecule has 98 valence electrons. The van der Waals surface area contributed by atoms with Crippen LogP contribution in [0.3, 0.4) is 0 Å². The first-order valence-electron chi connectivity index (χ1n) is 5.18. The molecule has 0 saturated heterocycles. The highest BCUT2D eigenvalue weighted by Gasteiger charge is 2.17. The molecule has 0 aliphatic carbocycles. The number of carboxylic acid groups (broad SMARTS) is 1. The Morgan fingerprint density at radius 3 is 2.47 bits per heavy atom. The molecule has 0 aliphatic heterocycles. The molecule has 0 aromatic heterocycles. The van der Waals surface area contributed by atoms with Crippen LogP contribution in [0.2, 0.25) is 10.0 Å². The predicted molar refractivity (Wildman–Crippen MR) is 73.2 cm³/mol.